The summed E-state index contributed by atoms with van der Waals surface area (Å²) in [6, 6.07) is 12.1. The van der Waals surface area contributed by atoms with Crippen LogP contribution in [0.5, 0.6) is 5.75 Å². The van der Waals surface area contributed by atoms with Crippen LogP contribution in [0.25, 0.3) is 0 Å². The first kappa shape index (κ1) is 15.0. The van der Waals surface area contributed by atoms with Crippen LogP contribution in [-0.4, -0.2) is 25.0 Å². The fraction of sp³-hybridized carbons (Fsp3) is 0.176. The summed E-state index contributed by atoms with van der Waals surface area (Å²) in [6.07, 6.45) is -0.0234. The predicted molar refractivity (Wildman–Crippen MR) is 83.9 cm³/mol. The van der Waals surface area contributed by atoms with Crippen molar-refractivity contribution in [2.45, 2.75) is 12.5 Å². The van der Waals surface area contributed by atoms with Gasteiger partial charge in [-0.05, 0) is 24.3 Å². The molecule has 6 heteroatoms. The monoisotopic (exact) mass is 314 g/mol. The van der Waals surface area contributed by atoms with Crippen LogP contribution in [0.3, 0.4) is 0 Å². The maximum Gasteiger partial charge on any atom is 0.256 e. The van der Waals surface area contributed by atoms with Crippen LogP contribution in [0.1, 0.15) is 6.42 Å². The number of nitrogens with one attached hydrogen (secondary N) is 1. The molecule has 1 saturated heterocycles. The van der Waals surface area contributed by atoms with Gasteiger partial charge in [-0.3, -0.25) is 9.59 Å². The topological polar surface area (TPSA) is 58.6 Å². The number of ether oxygens (including phenoxy) is 1. The Morgan fingerprint density at radius 1 is 1.17 bits per heavy atom. The highest BCUT2D eigenvalue weighted by molar-refractivity contribution is 6.23. The van der Waals surface area contributed by atoms with E-state index in [-0.39, 0.29) is 12.1 Å². The summed E-state index contributed by atoms with van der Waals surface area (Å²) in [5, 5.41) is 3.00. The summed E-state index contributed by atoms with van der Waals surface area (Å²) in [5.41, 5.74) is 0.642. The van der Waals surface area contributed by atoms with Crippen LogP contribution < -0.4 is 15.0 Å². The lowest BCUT2D eigenvalue weighted by Crippen LogP contribution is -2.35. The van der Waals surface area contributed by atoms with E-state index in [0.717, 1.165) is 4.90 Å². The SMILES string of the molecule is COc1cccc(N[C@H]2CC(=O)N(c3ccccc3F)C2=O)c1. The van der Waals surface area contributed by atoms with Crippen molar-refractivity contribution in [3.8, 4) is 5.75 Å². The fourth-order valence-electron chi connectivity index (χ4n) is 2.54. The summed E-state index contributed by atoms with van der Waals surface area (Å²) in [6.45, 7) is 0. The highest BCUT2D eigenvalue weighted by atomic mass is 19.1. The van der Waals surface area contributed by atoms with E-state index < -0.39 is 23.7 Å². The van der Waals surface area contributed by atoms with Gasteiger partial charge in [-0.2, -0.15) is 0 Å². The van der Waals surface area contributed by atoms with Crippen molar-refractivity contribution >= 4 is 23.2 Å². The van der Waals surface area contributed by atoms with E-state index in [2.05, 4.69) is 5.32 Å². The molecule has 0 saturated carbocycles. The van der Waals surface area contributed by atoms with Crippen LogP contribution >= 0.6 is 0 Å². The fourth-order valence-corrected chi connectivity index (χ4v) is 2.54. The van der Waals surface area contributed by atoms with Gasteiger partial charge in [0.2, 0.25) is 5.91 Å². The zero-order valence-corrected chi connectivity index (χ0v) is 12.5. The zero-order valence-electron chi connectivity index (χ0n) is 12.5. The number of para-hydroxylation sites is 1. The zero-order chi connectivity index (χ0) is 16.4. The minimum Gasteiger partial charge on any atom is -0.497 e. The molecule has 0 spiro atoms. The maximum absolute atomic E-state index is 13.9. The van der Waals surface area contributed by atoms with Gasteiger partial charge in [-0.25, -0.2) is 9.29 Å². The number of methoxy groups -OCH3 is 1. The second-order valence-corrected chi connectivity index (χ2v) is 5.15. The van der Waals surface area contributed by atoms with Crippen LogP contribution in [0.15, 0.2) is 48.5 Å². The van der Waals surface area contributed by atoms with E-state index in [1.165, 1.54) is 18.2 Å². The number of imide groups is 1. The van der Waals surface area contributed by atoms with Gasteiger partial charge in [0.1, 0.15) is 17.6 Å². The molecule has 23 heavy (non-hydrogen) atoms. The number of anilines is 2. The summed E-state index contributed by atoms with van der Waals surface area (Å²) < 4.78 is 19.0. The Labute approximate surface area is 132 Å². The number of carbonyl (C=O) groups excluding carboxylic acids is 2. The Hall–Kier alpha value is -2.89. The number of rotatable bonds is 4. The third-order valence-electron chi connectivity index (χ3n) is 3.65. The molecule has 1 aliphatic rings. The van der Waals surface area contributed by atoms with Gasteiger partial charge in [0.25, 0.3) is 5.91 Å². The van der Waals surface area contributed by atoms with Gasteiger partial charge in [0, 0.05) is 11.8 Å². The lowest BCUT2D eigenvalue weighted by atomic mass is 10.2. The molecule has 0 unspecified atom stereocenters. The first-order valence-corrected chi connectivity index (χ1v) is 7.12. The number of nitrogens with zero attached hydrogens (tertiary/aromatic N) is 1. The molecule has 1 aliphatic heterocycles. The number of halogens is 1. The molecule has 0 bridgehead atoms. The van der Waals surface area contributed by atoms with Crippen LogP contribution in [0.2, 0.25) is 0 Å². The van der Waals surface area contributed by atoms with Crippen molar-refractivity contribution in [1.82, 2.24) is 0 Å². The van der Waals surface area contributed by atoms with Crippen molar-refractivity contribution < 1.29 is 18.7 Å². The molecule has 1 N–H and O–H groups in total. The summed E-state index contributed by atoms with van der Waals surface area (Å²) in [7, 11) is 1.54. The normalized spacial score (nSPS) is 17.5. The number of benzene rings is 2. The smallest absolute Gasteiger partial charge is 0.256 e. The summed E-state index contributed by atoms with van der Waals surface area (Å²) >= 11 is 0. The van der Waals surface area contributed by atoms with Gasteiger partial charge in [-0.1, -0.05) is 18.2 Å². The van der Waals surface area contributed by atoms with Crippen molar-refractivity contribution in [1.29, 1.82) is 0 Å². The van der Waals surface area contributed by atoms with Gasteiger partial charge in [0.05, 0.1) is 19.2 Å². The third-order valence-corrected chi connectivity index (χ3v) is 3.65. The Morgan fingerprint density at radius 3 is 2.70 bits per heavy atom. The molecular weight excluding hydrogens is 299 g/mol. The van der Waals surface area contributed by atoms with E-state index in [0.29, 0.717) is 11.4 Å². The van der Waals surface area contributed by atoms with E-state index in [1.54, 1.807) is 37.4 Å². The Bertz CT molecular complexity index is 763. The summed E-state index contributed by atoms with van der Waals surface area (Å²) in [5.74, 6) is -0.864. The minimum absolute atomic E-state index is 0.0163. The molecule has 2 aromatic rings. The molecule has 118 valence electrons. The largest absolute Gasteiger partial charge is 0.497 e. The average Bonchev–Trinajstić information content (AvgIpc) is 2.82. The number of hydrogen-bond acceptors (Lipinski definition) is 4. The molecule has 1 atom stereocenters. The highest BCUT2D eigenvalue weighted by Gasteiger charge is 2.40. The molecule has 0 aliphatic carbocycles. The Balaban J connectivity index is 1.82. The van der Waals surface area contributed by atoms with Crippen molar-refractivity contribution in [2.24, 2.45) is 0 Å². The molecule has 1 heterocycles. The maximum atomic E-state index is 13.9. The molecule has 1 fully saturated rings. The average molecular weight is 314 g/mol. The standard InChI is InChI=1S/C17H15FN2O3/c1-23-12-6-4-5-11(9-12)19-14-10-16(21)20(17(14)22)15-8-3-2-7-13(15)18/h2-9,14,19H,10H2,1H3/t14-/m0/s1. The third kappa shape index (κ3) is 2.88. The lowest BCUT2D eigenvalue weighted by Gasteiger charge is -2.16. The van der Waals surface area contributed by atoms with Gasteiger partial charge >= 0.3 is 0 Å². The number of carbonyl (C=O) groups is 2. The van der Waals surface area contributed by atoms with Gasteiger partial charge in [0.15, 0.2) is 0 Å². The van der Waals surface area contributed by atoms with Crippen LogP contribution in [0.4, 0.5) is 15.8 Å². The van der Waals surface area contributed by atoms with Gasteiger partial charge < -0.3 is 10.1 Å². The van der Waals surface area contributed by atoms with E-state index in [9.17, 15) is 14.0 Å². The molecule has 2 aromatic carbocycles. The first-order valence-electron chi connectivity index (χ1n) is 7.12. The Kier molecular flexibility index (Phi) is 3.97. The number of hydrogen-bond donors (Lipinski definition) is 1. The van der Waals surface area contributed by atoms with Crippen LogP contribution in [-0.2, 0) is 9.59 Å². The minimum atomic E-state index is -0.728. The van der Waals surface area contributed by atoms with Crippen molar-refractivity contribution in [3.05, 3.63) is 54.3 Å². The lowest BCUT2D eigenvalue weighted by molar-refractivity contribution is -0.121. The van der Waals surface area contributed by atoms with Crippen LogP contribution in [0, 0.1) is 5.82 Å². The quantitative estimate of drug-likeness (QED) is 0.881. The second kappa shape index (κ2) is 6.08. The predicted octanol–water partition coefficient (Wildman–Crippen LogP) is 2.58. The molecule has 5 nitrogen and oxygen atoms in total. The van der Waals surface area contributed by atoms with E-state index in [1.807, 2.05) is 0 Å². The molecule has 3 rings (SSSR count). The van der Waals surface area contributed by atoms with Gasteiger partial charge in [-0.15, -0.1) is 0 Å². The number of amides is 2. The first-order chi connectivity index (χ1) is 11.1. The van der Waals surface area contributed by atoms with E-state index >= 15 is 0 Å². The highest BCUT2D eigenvalue weighted by Crippen LogP contribution is 2.27. The molecule has 0 aromatic heterocycles. The van der Waals surface area contributed by atoms with Crippen molar-refractivity contribution in [2.75, 3.05) is 17.3 Å². The second-order valence-electron chi connectivity index (χ2n) is 5.15. The molecule has 2 amide bonds. The van der Waals surface area contributed by atoms with Crippen molar-refractivity contribution in [3.63, 3.8) is 0 Å². The Morgan fingerprint density at radius 2 is 1.96 bits per heavy atom. The van der Waals surface area contributed by atoms with E-state index in [4.69, 9.17) is 4.74 Å². The molecule has 0 radical (unpaired) electrons. The summed E-state index contributed by atoms with van der Waals surface area (Å²) in [4.78, 5) is 25.5. The molecular formula is C17H15FN2O3.